The SMILES string of the molecule is O=C(NCc1ccccc1[N+](=O)[O-])c1ccc(Br)cn1. The van der Waals surface area contributed by atoms with Crippen molar-refractivity contribution >= 4 is 27.5 Å². The van der Waals surface area contributed by atoms with E-state index >= 15 is 0 Å². The zero-order valence-electron chi connectivity index (χ0n) is 10.2. The number of amides is 1. The first kappa shape index (κ1) is 14.1. The Labute approximate surface area is 123 Å². The van der Waals surface area contributed by atoms with Gasteiger partial charge in [-0.15, -0.1) is 0 Å². The first-order valence-electron chi connectivity index (χ1n) is 5.70. The van der Waals surface area contributed by atoms with E-state index in [1.165, 1.54) is 12.3 Å². The third-order valence-electron chi connectivity index (χ3n) is 2.59. The van der Waals surface area contributed by atoms with E-state index in [-0.39, 0.29) is 23.8 Å². The molecule has 0 saturated carbocycles. The van der Waals surface area contributed by atoms with Gasteiger partial charge in [0.05, 0.1) is 4.92 Å². The molecule has 0 radical (unpaired) electrons. The third kappa shape index (κ3) is 3.39. The Morgan fingerprint density at radius 3 is 2.70 bits per heavy atom. The van der Waals surface area contributed by atoms with Crippen molar-refractivity contribution in [2.24, 2.45) is 0 Å². The fourth-order valence-electron chi connectivity index (χ4n) is 1.61. The molecule has 0 fully saturated rings. The Kier molecular flexibility index (Phi) is 4.41. The summed E-state index contributed by atoms with van der Waals surface area (Å²) in [5.74, 6) is -0.379. The number of halogens is 1. The van der Waals surface area contributed by atoms with Crippen LogP contribution in [0.5, 0.6) is 0 Å². The average Bonchev–Trinajstić information content (AvgIpc) is 2.45. The quantitative estimate of drug-likeness (QED) is 0.687. The average molecular weight is 336 g/mol. The molecule has 0 saturated heterocycles. The number of nitro groups is 1. The van der Waals surface area contributed by atoms with Gasteiger partial charge in [-0.1, -0.05) is 18.2 Å². The standard InChI is InChI=1S/C13H10BrN3O3/c14-10-5-6-11(15-8-10)13(18)16-7-9-3-1-2-4-12(9)17(19)20/h1-6,8H,7H2,(H,16,18). The number of aromatic nitrogens is 1. The largest absolute Gasteiger partial charge is 0.346 e. The molecule has 1 amide bonds. The predicted molar refractivity (Wildman–Crippen MR) is 76.2 cm³/mol. The summed E-state index contributed by atoms with van der Waals surface area (Å²) in [6, 6.07) is 9.55. The fourth-order valence-corrected chi connectivity index (χ4v) is 1.85. The molecule has 1 heterocycles. The summed E-state index contributed by atoms with van der Waals surface area (Å²) in [5, 5.41) is 13.5. The molecule has 0 atom stereocenters. The zero-order valence-corrected chi connectivity index (χ0v) is 11.8. The van der Waals surface area contributed by atoms with Gasteiger partial charge in [-0.25, -0.2) is 4.98 Å². The summed E-state index contributed by atoms with van der Waals surface area (Å²) in [6.45, 7) is 0.0771. The summed E-state index contributed by atoms with van der Waals surface area (Å²) in [5.41, 5.74) is 0.686. The maximum Gasteiger partial charge on any atom is 0.274 e. The number of carbonyl (C=O) groups excluding carboxylic acids is 1. The topological polar surface area (TPSA) is 85.1 Å². The minimum atomic E-state index is -0.473. The van der Waals surface area contributed by atoms with Crippen molar-refractivity contribution < 1.29 is 9.72 Å². The van der Waals surface area contributed by atoms with Gasteiger partial charge in [0.25, 0.3) is 11.6 Å². The number of nitrogens with one attached hydrogen (secondary N) is 1. The number of carbonyl (C=O) groups is 1. The minimum absolute atomic E-state index is 0.0171. The second kappa shape index (κ2) is 6.25. The van der Waals surface area contributed by atoms with Crippen LogP contribution in [-0.2, 0) is 6.54 Å². The minimum Gasteiger partial charge on any atom is -0.346 e. The van der Waals surface area contributed by atoms with Gasteiger partial charge in [0.2, 0.25) is 0 Å². The lowest BCUT2D eigenvalue weighted by Crippen LogP contribution is -2.24. The highest BCUT2D eigenvalue weighted by Crippen LogP contribution is 2.17. The van der Waals surface area contributed by atoms with Gasteiger partial charge in [0.1, 0.15) is 5.69 Å². The van der Waals surface area contributed by atoms with E-state index in [4.69, 9.17) is 0 Å². The van der Waals surface area contributed by atoms with Gasteiger partial charge in [-0.05, 0) is 28.1 Å². The molecule has 2 rings (SSSR count). The zero-order chi connectivity index (χ0) is 14.5. The van der Waals surface area contributed by atoms with Crippen LogP contribution in [0.25, 0.3) is 0 Å². The Bertz CT molecular complexity index is 644. The summed E-state index contributed by atoms with van der Waals surface area (Å²) < 4.78 is 0.771. The first-order valence-corrected chi connectivity index (χ1v) is 6.49. The number of hydrogen-bond acceptors (Lipinski definition) is 4. The third-order valence-corrected chi connectivity index (χ3v) is 3.06. The van der Waals surface area contributed by atoms with Gasteiger partial charge in [-0.2, -0.15) is 0 Å². The summed E-state index contributed by atoms with van der Waals surface area (Å²) in [4.78, 5) is 26.2. The van der Waals surface area contributed by atoms with Gasteiger partial charge >= 0.3 is 0 Å². The van der Waals surface area contributed by atoms with Crippen LogP contribution in [0.1, 0.15) is 16.1 Å². The number of rotatable bonds is 4. The molecule has 102 valence electrons. The van der Waals surface area contributed by atoms with Crippen molar-refractivity contribution in [1.82, 2.24) is 10.3 Å². The maximum atomic E-state index is 11.9. The van der Waals surface area contributed by atoms with Crippen LogP contribution in [0.4, 0.5) is 5.69 Å². The van der Waals surface area contributed by atoms with Crippen molar-refractivity contribution in [3.63, 3.8) is 0 Å². The lowest BCUT2D eigenvalue weighted by Gasteiger charge is -2.05. The number of benzene rings is 1. The van der Waals surface area contributed by atoms with E-state index in [0.717, 1.165) is 4.47 Å². The van der Waals surface area contributed by atoms with E-state index in [9.17, 15) is 14.9 Å². The molecule has 0 aliphatic carbocycles. The molecular formula is C13H10BrN3O3. The van der Waals surface area contributed by atoms with Crippen molar-refractivity contribution in [2.45, 2.75) is 6.54 Å². The lowest BCUT2D eigenvalue weighted by molar-refractivity contribution is -0.385. The molecule has 20 heavy (non-hydrogen) atoms. The highest BCUT2D eigenvalue weighted by molar-refractivity contribution is 9.10. The number of nitrogens with zero attached hydrogens (tertiary/aromatic N) is 2. The van der Waals surface area contributed by atoms with Gasteiger partial charge in [0.15, 0.2) is 0 Å². The lowest BCUT2D eigenvalue weighted by atomic mass is 10.2. The summed E-state index contributed by atoms with van der Waals surface area (Å²) in [7, 11) is 0. The predicted octanol–water partition coefficient (Wildman–Crippen LogP) is 2.68. The molecule has 1 N–H and O–H groups in total. The molecule has 0 aliphatic heterocycles. The van der Waals surface area contributed by atoms with Crippen LogP contribution in [0.3, 0.4) is 0 Å². The normalized spacial score (nSPS) is 10.1. The molecule has 0 spiro atoms. The van der Waals surface area contributed by atoms with Crippen LogP contribution < -0.4 is 5.32 Å². The Morgan fingerprint density at radius 1 is 1.30 bits per heavy atom. The maximum absolute atomic E-state index is 11.9. The van der Waals surface area contributed by atoms with E-state index in [1.807, 2.05) is 0 Å². The summed E-state index contributed by atoms with van der Waals surface area (Å²) >= 11 is 3.23. The van der Waals surface area contributed by atoms with Crippen molar-refractivity contribution in [2.75, 3.05) is 0 Å². The molecule has 6 nitrogen and oxygen atoms in total. The van der Waals surface area contributed by atoms with Crippen LogP contribution in [-0.4, -0.2) is 15.8 Å². The molecule has 2 aromatic rings. The molecule has 1 aromatic carbocycles. The first-order chi connectivity index (χ1) is 9.58. The Balaban J connectivity index is 2.07. The van der Waals surface area contributed by atoms with E-state index in [2.05, 4.69) is 26.2 Å². The second-order valence-electron chi connectivity index (χ2n) is 3.93. The van der Waals surface area contributed by atoms with Crippen LogP contribution in [0, 0.1) is 10.1 Å². The molecule has 1 aromatic heterocycles. The Morgan fingerprint density at radius 2 is 2.05 bits per heavy atom. The van der Waals surface area contributed by atoms with Crippen LogP contribution in [0.2, 0.25) is 0 Å². The van der Waals surface area contributed by atoms with Crippen molar-refractivity contribution in [3.05, 3.63) is 68.4 Å². The van der Waals surface area contributed by atoms with Crippen LogP contribution >= 0.6 is 15.9 Å². The van der Waals surface area contributed by atoms with Crippen molar-refractivity contribution in [1.29, 1.82) is 0 Å². The smallest absolute Gasteiger partial charge is 0.274 e. The van der Waals surface area contributed by atoms with Crippen molar-refractivity contribution in [3.8, 4) is 0 Å². The fraction of sp³-hybridized carbons (Fsp3) is 0.0769. The van der Waals surface area contributed by atoms with E-state index < -0.39 is 4.92 Å². The van der Waals surface area contributed by atoms with Gasteiger partial charge < -0.3 is 5.32 Å². The number of nitro benzene ring substituents is 1. The molecular weight excluding hydrogens is 326 g/mol. The molecule has 0 unspecified atom stereocenters. The van der Waals surface area contributed by atoms with E-state index in [0.29, 0.717) is 5.56 Å². The summed E-state index contributed by atoms with van der Waals surface area (Å²) in [6.07, 6.45) is 1.51. The molecule has 0 bridgehead atoms. The molecule has 0 aliphatic rings. The highest BCUT2D eigenvalue weighted by atomic mass is 79.9. The van der Waals surface area contributed by atoms with Gasteiger partial charge in [0, 0.05) is 28.8 Å². The van der Waals surface area contributed by atoms with Crippen LogP contribution in [0.15, 0.2) is 47.1 Å². The number of hydrogen-bond donors (Lipinski definition) is 1. The number of pyridine rings is 1. The Hall–Kier alpha value is -2.28. The highest BCUT2D eigenvalue weighted by Gasteiger charge is 2.13. The van der Waals surface area contributed by atoms with E-state index in [1.54, 1.807) is 30.3 Å². The number of para-hydroxylation sites is 1. The van der Waals surface area contributed by atoms with Gasteiger partial charge in [-0.3, -0.25) is 14.9 Å². The molecule has 7 heteroatoms. The second-order valence-corrected chi connectivity index (χ2v) is 4.85. The monoisotopic (exact) mass is 335 g/mol.